The fourth-order valence-electron chi connectivity index (χ4n) is 2.44. The summed E-state index contributed by atoms with van der Waals surface area (Å²) in [7, 11) is 0. The van der Waals surface area contributed by atoms with E-state index in [0.29, 0.717) is 17.7 Å². The first kappa shape index (κ1) is 12.3. The maximum Gasteiger partial charge on any atom is 0.271 e. The molecule has 19 heavy (non-hydrogen) atoms. The average molecular weight is 277 g/mol. The summed E-state index contributed by atoms with van der Waals surface area (Å²) in [5.74, 6) is 0.140. The molecule has 0 saturated carbocycles. The number of aryl methyl sites for hydroxylation is 2. The predicted molar refractivity (Wildman–Crippen MR) is 74.4 cm³/mol. The van der Waals surface area contributed by atoms with Gasteiger partial charge in [-0.15, -0.1) is 11.3 Å². The summed E-state index contributed by atoms with van der Waals surface area (Å²) in [5.41, 5.74) is 1.84. The first-order chi connectivity index (χ1) is 9.16. The molecule has 6 heteroatoms. The summed E-state index contributed by atoms with van der Waals surface area (Å²) in [6.45, 7) is 3.26. The second-order valence-electron chi connectivity index (χ2n) is 4.90. The average Bonchev–Trinajstić information content (AvgIpc) is 2.96. The molecule has 1 atom stereocenters. The Labute approximate surface area is 114 Å². The molecule has 0 bridgehead atoms. The Bertz CT molecular complexity index is 689. The van der Waals surface area contributed by atoms with Crippen LogP contribution < -0.4 is 10.9 Å². The molecule has 0 radical (unpaired) electrons. The molecule has 1 aliphatic rings. The van der Waals surface area contributed by atoms with Crippen molar-refractivity contribution in [3.63, 3.8) is 0 Å². The van der Waals surface area contributed by atoms with Crippen LogP contribution in [-0.2, 0) is 11.3 Å². The highest BCUT2D eigenvalue weighted by Crippen LogP contribution is 2.20. The number of rotatable bonds is 3. The van der Waals surface area contributed by atoms with E-state index in [0.717, 1.165) is 24.0 Å². The number of nitrogens with one attached hydrogen (secondary N) is 1. The lowest BCUT2D eigenvalue weighted by atomic mass is 10.0. The summed E-state index contributed by atoms with van der Waals surface area (Å²) in [6.07, 6.45) is 3.15. The number of thiophene rings is 1. The van der Waals surface area contributed by atoms with Crippen LogP contribution in [0.5, 0.6) is 0 Å². The third-order valence-electron chi connectivity index (χ3n) is 3.60. The van der Waals surface area contributed by atoms with Gasteiger partial charge in [-0.3, -0.25) is 14.2 Å². The molecule has 2 aromatic rings. The third kappa shape index (κ3) is 2.16. The van der Waals surface area contributed by atoms with E-state index in [1.807, 2.05) is 12.3 Å². The maximum absolute atomic E-state index is 12.3. The van der Waals surface area contributed by atoms with Gasteiger partial charge in [0, 0.05) is 19.0 Å². The van der Waals surface area contributed by atoms with Crippen molar-refractivity contribution in [1.82, 2.24) is 14.9 Å². The standard InChI is InChI=1S/C13H15N3O2S/c1-8-6-19-11-10(8)15-7-16(13(11)18)5-3-9-2-4-14-12(9)17/h6-7,9H,2-5H2,1H3,(H,14,17). The van der Waals surface area contributed by atoms with E-state index in [2.05, 4.69) is 10.3 Å². The van der Waals surface area contributed by atoms with Gasteiger partial charge in [0.1, 0.15) is 4.70 Å². The molecular weight excluding hydrogens is 262 g/mol. The summed E-state index contributed by atoms with van der Waals surface area (Å²) in [5, 5.41) is 4.77. The Kier molecular flexibility index (Phi) is 3.10. The minimum absolute atomic E-state index is 0.00139. The van der Waals surface area contributed by atoms with Gasteiger partial charge in [-0.25, -0.2) is 4.98 Å². The molecule has 1 amide bonds. The molecule has 1 saturated heterocycles. The van der Waals surface area contributed by atoms with Crippen LogP contribution in [0, 0.1) is 12.8 Å². The zero-order valence-electron chi connectivity index (χ0n) is 10.7. The Morgan fingerprint density at radius 2 is 2.37 bits per heavy atom. The molecule has 1 aliphatic heterocycles. The molecule has 0 aromatic carbocycles. The Hall–Kier alpha value is -1.69. The highest BCUT2D eigenvalue weighted by molar-refractivity contribution is 7.17. The molecule has 3 heterocycles. The number of hydrogen-bond donors (Lipinski definition) is 1. The number of nitrogens with zero attached hydrogens (tertiary/aromatic N) is 2. The van der Waals surface area contributed by atoms with Gasteiger partial charge in [0.25, 0.3) is 5.56 Å². The molecule has 3 rings (SSSR count). The lowest BCUT2D eigenvalue weighted by molar-refractivity contribution is -0.122. The van der Waals surface area contributed by atoms with Gasteiger partial charge >= 0.3 is 0 Å². The lowest BCUT2D eigenvalue weighted by Crippen LogP contribution is -2.24. The number of fused-ring (bicyclic) bond motifs is 1. The molecular formula is C13H15N3O2S. The van der Waals surface area contributed by atoms with E-state index in [9.17, 15) is 9.59 Å². The largest absolute Gasteiger partial charge is 0.356 e. The monoisotopic (exact) mass is 277 g/mol. The van der Waals surface area contributed by atoms with E-state index in [1.54, 1.807) is 10.9 Å². The van der Waals surface area contributed by atoms with Gasteiger partial charge < -0.3 is 5.32 Å². The van der Waals surface area contributed by atoms with Gasteiger partial charge in [-0.2, -0.15) is 0 Å². The predicted octanol–water partition coefficient (Wildman–Crippen LogP) is 1.29. The minimum atomic E-state index is 0.00139. The van der Waals surface area contributed by atoms with Crippen LogP contribution in [0.2, 0.25) is 0 Å². The van der Waals surface area contributed by atoms with E-state index in [4.69, 9.17) is 0 Å². The maximum atomic E-state index is 12.3. The molecule has 1 fully saturated rings. The molecule has 5 nitrogen and oxygen atoms in total. The van der Waals surface area contributed by atoms with Crippen LogP contribution in [0.1, 0.15) is 18.4 Å². The van der Waals surface area contributed by atoms with Crippen LogP contribution in [0.3, 0.4) is 0 Å². The fourth-order valence-corrected chi connectivity index (χ4v) is 3.38. The van der Waals surface area contributed by atoms with Crippen LogP contribution in [0.15, 0.2) is 16.5 Å². The van der Waals surface area contributed by atoms with Gasteiger partial charge in [0.05, 0.1) is 11.8 Å². The number of carbonyl (C=O) groups excluding carboxylic acids is 1. The Morgan fingerprint density at radius 3 is 3.11 bits per heavy atom. The molecule has 0 spiro atoms. The van der Waals surface area contributed by atoms with Crippen molar-refractivity contribution < 1.29 is 4.79 Å². The lowest BCUT2D eigenvalue weighted by Gasteiger charge is -2.08. The van der Waals surface area contributed by atoms with Crippen molar-refractivity contribution in [2.75, 3.05) is 6.54 Å². The normalized spacial score (nSPS) is 19.0. The van der Waals surface area contributed by atoms with Crippen molar-refractivity contribution in [1.29, 1.82) is 0 Å². The first-order valence-electron chi connectivity index (χ1n) is 6.38. The number of hydrogen-bond acceptors (Lipinski definition) is 4. The Morgan fingerprint density at radius 1 is 1.53 bits per heavy atom. The third-order valence-corrected chi connectivity index (χ3v) is 4.68. The summed E-state index contributed by atoms with van der Waals surface area (Å²) in [6, 6.07) is 0. The number of carbonyl (C=O) groups is 1. The highest BCUT2D eigenvalue weighted by Gasteiger charge is 2.23. The molecule has 1 N–H and O–H groups in total. The first-order valence-corrected chi connectivity index (χ1v) is 7.25. The van der Waals surface area contributed by atoms with E-state index >= 15 is 0 Å². The zero-order chi connectivity index (χ0) is 13.4. The van der Waals surface area contributed by atoms with Crippen molar-refractivity contribution in [3.8, 4) is 0 Å². The SMILES string of the molecule is Cc1csc2c(=O)n(CCC3CCNC3=O)cnc12. The number of amides is 1. The van der Waals surface area contributed by atoms with Gasteiger partial charge in [0.2, 0.25) is 5.91 Å². The van der Waals surface area contributed by atoms with Crippen molar-refractivity contribution in [2.45, 2.75) is 26.3 Å². The van der Waals surface area contributed by atoms with E-state index in [-0.39, 0.29) is 17.4 Å². The van der Waals surface area contributed by atoms with Crippen LogP contribution in [0.4, 0.5) is 0 Å². The molecule has 2 aromatic heterocycles. The van der Waals surface area contributed by atoms with Crippen molar-refractivity contribution in [3.05, 3.63) is 27.6 Å². The van der Waals surface area contributed by atoms with Crippen LogP contribution in [0.25, 0.3) is 10.2 Å². The van der Waals surface area contributed by atoms with Gasteiger partial charge in [-0.1, -0.05) is 0 Å². The summed E-state index contributed by atoms with van der Waals surface area (Å²) in [4.78, 5) is 28.1. The second-order valence-corrected chi connectivity index (χ2v) is 5.78. The number of aromatic nitrogens is 2. The van der Waals surface area contributed by atoms with Crippen LogP contribution >= 0.6 is 11.3 Å². The van der Waals surface area contributed by atoms with Crippen molar-refractivity contribution in [2.24, 2.45) is 5.92 Å². The van der Waals surface area contributed by atoms with E-state index in [1.165, 1.54) is 11.3 Å². The Balaban J connectivity index is 1.83. The van der Waals surface area contributed by atoms with Gasteiger partial charge in [-0.05, 0) is 30.7 Å². The topological polar surface area (TPSA) is 64.0 Å². The van der Waals surface area contributed by atoms with Gasteiger partial charge in [0.15, 0.2) is 0 Å². The fraction of sp³-hybridized carbons (Fsp3) is 0.462. The summed E-state index contributed by atoms with van der Waals surface area (Å²) < 4.78 is 2.32. The second kappa shape index (κ2) is 4.77. The van der Waals surface area contributed by atoms with E-state index < -0.39 is 0 Å². The summed E-state index contributed by atoms with van der Waals surface area (Å²) >= 11 is 1.44. The quantitative estimate of drug-likeness (QED) is 0.919. The minimum Gasteiger partial charge on any atom is -0.356 e. The smallest absolute Gasteiger partial charge is 0.271 e. The molecule has 100 valence electrons. The molecule has 1 unspecified atom stereocenters. The molecule has 0 aliphatic carbocycles. The van der Waals surface area contributed by atoms with Crippen LogP contribution in [-0.4, -0.2) is 22.0 Å². The zero-order valence-corrected chi connectivity index (χ0v) is 11.5. The van der Waals surface area contributed by atoms with Crippen molar-refractivity contribution >= 4 is 27.5 Å². The highest BCUT2D eigenvalue weighted by atomic mass is 32.1.